The maximum absolute atomic E-state index is 4.56. The Balaban J connectivity index is 1.36. The van der Waals surface area contributed by atoms with Gasteiger partial charge in [0.2, 0.25) is 0 Å². The molecule has 0 amide bonds. The van der Waals surface area contributed by atoms with E-state index in [1.54, 1.807) is 0 Å². The second-order valence-corrected chi connectivity index (χ2v) is 7.59. The van der Waals surface area contributed by atoms with E-state index in [2.05, 4.69) is 59.2 Å². The number of aromatic nitrogens is 4. The van der Waals surface area contributed by atoms with Gasteiger partial charge in [0, 0.05) is 43.1 Å². The van der Waals surface area contributed by atoms with Crippen LogP contribution in [0, 0.1) is 12.8 Å². The highest BCUT2D eigenvalue weighted by molar-refractivity contribution is 9.10. The molecule has 0 aliphatic carbocycles. The van der Waals surface area contributed by atoms with Crippen LogP contribution in [0.15, 0.2) is 41.5 Å². The molecular weight excluding hydrogens is 378 g/mol. The topological polar surface area (TPSA) is 46.3 Å². The molecule has 1 saturated heterocycles. The van der Waals surface area contributed by atoms with Crippen LogP contribution in [0.25, 0.3) is 5.65 Å². The number of pyridine rings is 1. The average molecular weight is 400 g/mol. The summed E-state index contributed by atoms with van der Waals surface area (Å²) >= 11 is 3.53. The number of rotatable bonds is 4. The fraction of sp³-hybridized carbons (Fsp3) is 0.421. The molecule has 3 aromatic rings. The van der Waals surface area contributed by atoms with Gasteiger partial charge in [-0.3, -0.25) is 14.4 Å². The van der Waals surface area contributed by atoms with Gasteiger partial charge in [0.15, 0.2) is 5.65 Å². The number of aryl methyl sites for hydroxylation is 2. The zero-order valence-electron chi connectivity index (χ0n) is 14.4. The number of halogens is 1. The molecule has 4 rings (SSSR count). The van der Waals surface area contributed by atoms with Crippen molar-refractivity contribution in [2.24, 2.45) is 5.92 Å². The van der Waals surface area contributed by atoms with Crippen LogP contribution in [-0.2, 0) is 6.42 Å². The van der Waals surface area contributed by atoms with Gasteiger partial charge in [-0.25, -0.2) is 4.98 Å². The first-order chi connectivity index (χ1) is 12.2. The van der Waals surface area contributed by atoms with Crippen molar-refractivity contribution >= 4 is 27.3 Å². The predicted octanol–water partition coefficient (Wildman–Crippen LogP) is 4.04. The van der Waals surface area contributed by atoms with E-state index >= 15 is 0 Å². The summed E-state index contributed by atoms with van der Waals surface area (Å²) in [5.74, 6) is 0.764. The number of nitrogens with zero attached hydrogens (tertiary/aromatic N) is 5. The van der Waals surface area contributed by atoms with E-state index in [4.69, 9.17) is 0 Å². The monoisotopic (exact) mass is 399 g/mol. The second-order valence-electron chi connectivity index (χ2n) is 6.77. The van der Waals surface area contributed by atoms with Crippen molar-refractivity contribution in [1.82, 2.24) is 19.4 Å². The molecule has 0 aromatic carbocycles. The summed E-state index contributed by atoms with van der Waals surface area (Å²) in [6, 6.07) is 4.30. The van der Waals surface area contributed by atoms with Crippen LogP contribution in [-0.4, -0.2) is 32.4 Å². The molecule has 4 heterocycles. The van der Waals surface area contributed by atoms with Crippen LogP contribution in [0.5, 0.6) is 0 Å². The number of imidazole rings is 1. The Hall–Kier alpha value is -1.95. The molecule has 3 aromatic heterocycles. The van der Waals surface area contributed by atoms with Gasteiger partial charge >= 0.3 is 0 Å². The third kappa shape index (κ3) is 3.54. The van der Waals surface area contributed by atoms with E-state index in [0.29, 0.717) is 0 Å². The molecule has 0 unspecified atom stereocenters. The molecule has 6 heteroatoms. The molecule has 5 nitrogen and oxygen atoms in total. The van der Waals surface area contributed by atoms with E-state index in [1.165, 1.54) is 24.9 Å². The molecule has 0 spiro atoms. The summed E-state index contributed by atoms with van der Waals surface area (Å²) in [5, 5.41) is 0. The van der Waals surface area contributed by atoms with Crippen molar-refractivity contribution < 1.29 is 0 Å². The molecule has 130 valence electrons. The minimum absolute atomic E-state index is 0.764. The molecule has 0 atom stereocenters. The summed E-state index contributed by atoms with van der Waals surface area (Å²) in [4.78, 5) is 15.8. The largest absolute Gasteiger partial charge is 0.371 e. The molecule has 1 aliphatic rings. The lowest BCUT2D eigenvalue weighted by Crippen LogP contribution is -2.33. The minimum Gasteiger partial charge on any atom is -0.371 e. The normalized spacial score (nSPS) is 15.8. The molecule has 0 saturated carbocycles. The van der Waals surface area contributed by atoms with Crippen molar-refractivity contribution in [2.75, 3.05) is 18.0 Å². The zero-order valence-corrected chi connectivity index (χ0v) is 16.0. The fourth-order valence-corrected chi connectivity index (χ4v) is 4.06. The SMILES string of the molecule is Cc1cc(N2CCC(CCc3nccn4c(Br)cnc34)CC2)ccn1. The summed E-state index contributed by atoms with van der Waals surface area (Å²) < 4.78 is 3.03. The molecule has 25 heavy (non-hydrogen) atoms. The van der Waals surface area contributed by atoms with Crippen LogP contribution in [0.2, 0.25) is 0 Å². The number of anilines is 1. The number of hydrogen-bond acceptors (Lipinski definition) is 4. The first kappa shape index (κ1) is 16.5. The summed E-state index contributed by atoms with van der Waals surface area (Å²) in [7, 11) is 0. The van der Waals surface area contributed by atoms with Crippen molar-refractivity contribution in [2.45, 2.75) is 32.6 Å². The first-order valence-electron chi connectivity index (χ1n) is 8.85. The Morgan fingerprint density at radius 2 is 2.00 bits per heavy atom. The highest BCUT2D eigenvalue weighted by Gasteiger charge is 2.20. The van der Waals surface area contributed by atoms with Crippen molar-refractivity contribution in [1.29, 1.82) is 0 Å². The second kappa shape index (κ2) is 7.12. The number of fused-ring (bicyclic) bond motifs is 1. The third-order valence-corrected chi connectivity index (χ3v) is 5.69. The van der Waals surface area contributed by atoms with Gasteiger partial charge < -0.3 is 4.90 Å². The molecule has 0 N–H and O–H groups in total. The molecule has 0 radical (unpaired) electrons. The van der Waals surface area contributed by atoms with E-state index in [0.717, 1.165) is 47.1 Å². The van der Waals surface area contributed by atoms with Crippen LogP contribution >= 0.6 is 15.9 Å². The van der Waals surface area contributed by atoms with Crippen LogP contribution < -0.4 is 4.90 Å². The lowest BCUT2D eigenvalue weighted by Gasteiger charge is -2.33. The van der Waals surface area contributed by atoms with Gasteiger partial charge in [-0.2, -0.15) is 0 Å². The molecular formula is C19H22BrN5. The Bertz CT molecular complexity index is 867. The minimum atomic E-state index is 0.764. The lowest BCUT2D eigenvalue weighted by atomic mass is 9.91. The van der Waals surface area contributed by atoms with Gasteiger partial charge in [0.05, 0.1) is 11.9 Å². The number of piperidine rings is 1. The van der Waals surface area contributed by atoms with Crippen molar-refractivity contribution in [3.63, 3.8) is 0 Å². The zero-order chi connectivity index (χ0) is 17.2. The summed E-state index contributed by atoms with van der Waals surface area (Å²) in [5.41, 5.74) is 4.46. The Kier molecular flexibility index (Phi) is 4.70. The lowest BCUT2D eigenvalue weighted by molar-refractivity contribution is 0.381. The van der Waals surface area contributed by atoms with E-state index in [1.807, 2.05) is 24.8 Å². The van der Waals surface area contributed by atoms with Crippen molar-refractivity contribution in [3.8, 4) is 0 Å². The van der Waals surface area contributed by atoms with E-state index < -0.39 is 0 Å². The van der Waals surface area contributed by atoms with Crippen LogP contribution in [0.4, 0.5) is 5.69 Å². The maximum Gasteiger partial charge on any atom is 0.159 e. The fourth-order valence-electron chi connectivity index (χ4n) is 3.67. The molecule has 0 bridgehead atoms. The predicted molar refractivity (Wildman–Crippen MR) is 103 cm³/mol. The van der Waals surface area contributed by atoms with E-state index in [9.17, 15) is 0 Å². The highest BCUT2D eigenvalue weighted by Crippen LogP contribution is 2.27. The van der Waals surface area contributed by atoms with Crippen LogP contribution in [0.3, 0.4) is 0 Å². The van der Waals surface area contributed by atoms with E-state index in [-0.39, 0.29) is 0 Å². The maximum atomic E-state index is 4.56. The van der Waals surface area contributed by atoms with Gasteiger partial charge in [0.1, 0.15) is 4.60 Å². The van der Waals surface area contributed by atoms with Gasteiger partial charge in [-0.1, -0.05) is 0 Å². The smallest absolute Gasteiger partial charge is 0.159 e. The Morgan fingerprint density at radius 3 is 2.80 bits per heavy atom. The standard InChI is InChI=1S/C19H22BrN5/c1-14-12-16(4-7-21-14)24-9-5-15(6-10-24)2-3-17-19-23-13-18(20)25(19)11-8-22-17/h4,7-8,11-13,15H,2-3,5-6,9-10H2,1H3. The van der Waals surface area contributed by atoms with Gasteiger partial charge in [0.25, 0.3) is 0 Å². The van der Waals surface area contributed by atoms with Crippen LogP contribution in [0.1, 0.15) is 30.7 Å². The Labute approximate surface area is 156 Å². The van der Waals surface area contributed by atoms with Crippen molar-refractivity contribution in [3.05, 3.63) is 52.9 Å². The quantitative estimate of drug-likeness (QED) is 0.663. The molecule has 1 fully saturated rings. The first-order valence-corrected chi connectivity index (χ1v) is 9.64. The summed E-state index contributed by atoms with van der Waals surface area (Å²) in [6.45, 7) is 4.30. The molecule has 1 aliphatic heterocycles. The van der Waals surface area contributed by atoms with Gasteiger partial charge in [-0.15, -0.1) is 0 Å². The Morgan fingerprint density at radius 1 is 1.16 bits per heavy atom. The summed E-state index contributed by atoms with van der Waals surface area (Å²) in [6.07, 6.45) is 12.2. The highest BCUT2D eigenvalue weighted by atomic mass is 79.9. The van der Waals surface area contributed by atoms with Gasteiger partial charge in [-0.05, 0) is 66.6 Å². The third-order valence-electron chi connectivity index (χ3n) is 5.11. The number of hydrogen-bond donors (Lipinski definition) is 0. The average Bonchev–Trinajstić information content (AvgIpc) is 3.02.